The van der Waals surface area contributed by atoms with Crippen LogP contribution in [0, 0.1) is 0 Å². The van der Waals surface area contributed by atoms with Crippen molar-refractivity contribution in [1.82, 2.24) is 15.5 Å². The second kappa shape index (κ2) is 10.6. The minimum Gasteiger partial charge on any atom is -0.379 e. The molecule has 0 aromatic carbocycles. The fourth-order valence-corrected chi connectivity index (χ4v) is 2.53. The van der Waals surface area contributed by atoms with Gasteiger partial charge in [-0.05, 0) is 13.8 Å². The zero-order valence-electron chi connectivity index (χ0n) is 12.7. The summed E-state index contributed by atoms with van der Waals surface area (Å²) in [7, 11) is 0. The number of hydrogen-bond donors (Lipinski definition) is 2. The fourth-order valence-electron chi connectivity index (χ4n) is 2.53. The van der Waals surface area contributed by atoms with Gasteiger partial charge in [0.15, 0.2) is 0 Å². The minimum absolute atomic E-state index is 0. The van der Waals surface area contributed by atoms with Gasteiger partial charge in [-0.3, -0.25) is 9.69 Å². The summed E-state index contributed by atoms with van der Waals surface area (Å²) >= 11 is 0. The van der Waals surface area contributed by atoms with Crippen molar-refractivity contribution >= 4 is 30.7 Å². The van der Waals surface area contributed by atoms with Gasteiger partial charge in [-0.2, -0.15) is 0 Å². The highest BCUT2D eigenvalue weighted by Crippen LogP contribution is 2.05. The van der Waals surface area contributed by atoms with E-state index in [-0.39, 0.29) is 42.9 Å². The molecular formula is C13H27Cl2N3O3. The number of hydrogen-bond acceptors (Lipinski definition) is 5. The average Bonchev–Trinajstić information content (AvgIpc) is 2.46. The van der Waals surface area contributed by atoms with Gasteiger partial charge in [-0.25, -0.2) is 0 Å². The highest BCUT2D eigenvalue weighted by molar-refractivity contribution is 5.85. The summed E-state index contributed by atoms with van der Waals surface area (Å²) in [6.45, 7) is 9.61. The molecule has 1 amide bonds. The monoisotopic (exact) mass is 343 g/mol. The number of nitrogens with zero attached hydrogens (tertiary/aromatic N) is 1. The molecule has 21 heavy (non-hydrogen) atoms. The summed E-state index contributed by atoms with van der Waals surface area (Å²) < 4.78 is 10.8. The first-order valence-electron chi connectivity index (χ1n) is 7.13. The zero-order valence-corrected chi connectivity index (χ0v) is 14.3. The molecule has 2 heterocycles. The normalized spacial score (nSPS) is 27.9. The highest BCUT2D eigenvalue weighted by atomic mass is 35.5. The number of nitrogens with one attached hydrogen (secondary N) is 2. The van der Waals surface area contributed by atoms with Crippen LogP contribution in [0.15, 0.2) is 0 Å². The van der Waals surface area contributed by atoms with Gasteiger partial charge in [0.25, 0.3) is 0 Å². The molecule has 0 spiro atoms. The van der Waals surface area contributed by atoms with Crippen LogP contribution >= 0.6 is 24.8 Å². The van der Waals surface area contributed by atoms with Crippen LogP contribution in [0.25, 0.3) is 0 Å². The van der Waals surface area contributed by atoms with E-state index in [1.54, 1.807) is 0 Å². The maximum Gasteiger partial charge on any atom is 0.239 e. The summed E-state index contributed by atoms with van der Waals surface area (Å²) in [5.74, 6) is 0.0345. The summed E-state index contributed by atoms with van der Waals surface area (Å²) in [6.07, 6.45) is -0.0626. The van der Waals surface area contributed by atoms with E-state index in [4.69, 9.17) is 9.47 Å². The summed E-state index contributed by atoms with van der Waals surface area (Å²) in [4.78, 5) is 14.4. The van der Waals surface area contributed by atoms with Crippen molar-refractivity contribution in [2.75, 3.05) is 46.0 Å². The van der Waals surface area contributed by atoms with Crippen molar-refractivity contribution in [1.29, 1.82) is 0 Å². The number of halogens is 2. The molecular weight excluding hydrogens is 317 g/mol. The maximum atomic E-state index is 12.1. The smallest absolute Gasteiger partial charge is 0.239 e. The molecule has 0 saturated carbocycles. The second-order valence-corrected chi connectivity index (χ2v) is 5.25. The Morgan fingerprint density at radius 2 is 2.00 bits per heavy atom. The SMILES string of the molecule is CC(CNC(=O)[C@H]1NCCO[C@@H]1C)N1CCOCC1.Cl.Cl. The van der Waals surface area contributed by atoms with E-state index in [0.717, 1.165) is 32.8 Å². The van der Waals surface area contributed by atoms with Crippen LogP contribution in [0.1, 0.15) is 13.8 Å². The van der Waals surface area contributed by atoms with E-state index >= 15 is 0 Å². The number of rotatable bonds is 4. The van der Waals surface area contributed by atoms with Crippen molar-refractivity contribution in [2.24, 2.45) is 0 Å². The number of ether oxygens (including phenoxy) is 2. The molecule has 2 rings (SSSR count). The van der Waals surface area contributed by atoms with Gasteiger partial charge in [0.1, 0.15) is 6.04 Å². The molecule has 0 aromatic heterocycles. The lowest BCUT2D eigenvalue weighted by Crippen LogP contribution is -2.57. The summed E-state index contributed by atoms with van der Waals surface area (Å²) in [6, 6.07) is 0.110. The first-order chi connectivity index (χ1) is 9.18. The lowest BCUT2D eigenvalue weighted by molar-refractivity contribution is -0.129. The molecule has 126 valence electrons. The van der Waals surface area contributed by atoms with E-state index in [1.165, 1.54) is 0 Å². The molecule has 8 heteroatoms. The molecule has 2 N–H and O–H groups in total. The Labute approximate surface area is 139 Å². The molecule has 0 bridgehead atoms. The Kier molecular flexibility index (Phi) is 10.5. The van der Waals surface area contributed by atoms with Gasteiger partial charge in [-0.15, -0.1) is 24.8 Å². The Morgan fingerprint density at radius 1 is 1.33 bits per heavy atom. The third-order valence-corrected chi connectivity index (χ3v) is 3.84. The Balaban J connectivity index is 0.00000200. The van der Waals surface area contributed by atoms with Crippen LogP contribution in [0.3, 0.4) is 0 Å². The first-order valence-corrected chi connectivity index (χ1v) is 7.13. The van der Waals surface area contributed by atoms with Crippen LogP contribution in [0.4, 0.5) is 0 Å². The molecule has 2 saturated heterocycles. The predicted octanol–water partition coefficient (Wildman–Crippen LogP) is 0.0438. The van der Waals surface area contributed by atoms with Crippen molar-refractivity contribution < 1.29 is 14.3 Å². The highest BCUT2D eigenvalue weighted by Gasteiger charge is 2.28. The topological polar surface area (TPSA) is 62.8 Å². The Morgan fingerprint density at radius 3 is 2.62 bits per heavy atom. The first kappa shape index (κ1) is 20.9. The largest absolute Gasteiger partial charge is 0.379 e. The van der Waals surface area contributed by atoms with Crippen LogP contribution in [0.2, 0.25) is 0 Å². The van der Waals surface area contributed by atoms with Crippen LogP contribution in [-0.4, -0.2) is 75.0 Å². The second-order valence-electron chi connectivity index (χ2n) is 5.25. The van der Waals surface area contributed by atoms with E-state index < -0.39 is 0 Å². The number of morpholine rings is 2. The third-order valence-electron chi connectivity index (χ3n) is 3.84. The van der Waals surface area contributed by atoms with Crippen LogP contribution < -0.4 is 10.6 Å². The average molecular weight is 344 g/mol. The predicted molar refractivity (Wildman–Crippen MR) is 86.6 cm³/mol. The van der Waals surface area contributed by atoms with E-state index in [2.05, 4.69) is 22.5 Å². The molecule has 0 aromatic rings. The molecule has 0 radical (unpaired) electrons. The molecule has 6 nitrogen and oxygen atoms in total. The molecule has 0 aliphatic carbocycles. The van der Waals surface area contributed by atoms with Crippen molar-refractivity contribution in [3.8, 4) is 0 Å². The van der Waals surface area contributed by atoms with E-state index in [9.17, 15) is 4.79 Å². The van der Waals surface area contributed by atoms with Gasteiger partial charge in [0.05, 0.1) is 25.9 Å². The molecule has 1 unspecified atom stereocenters. The zero-order chi connectivity index (χ0) is 13.7. The standard InChI is InChI=1S/C13H25N3O3.2ClH/c1-10(16-4-7-18-8-5-16)9-15-13(17)12-11(2)19-6-3-14-12;;/h10-12,14H,3-9H2,1-2H3,(H,15,17);2*1H/t10?,11-,12+;;/m1../s1. The Hall–Kier alpha value is -0.110. The van der Waals surface area contributed by atoms with Crippen molar-refractivity contribution in [2.45, 2.75) is 32.0 Å². The van der Waals surface area contributed by atoms with Crippen molar-refractivity contribution in [3.05, 3.63) is 0 Å². The summed E-state index contributed by atoms with van der Waals surface area (Å²) in [5, 5.41) is 6.22. The molecule has 2 aliphatic rings. The lowest BCUT2D eigenvalue weighted by Gasteiger charge is -2.33. The van der Waals surface area contributed by atoms with Crippen LogP contribution in [-0.2, 0) is 14.3 Å². The third kappa shape index (κ3) is 6.26. The van der Waals surface area contributed by atoms with Gasteiger partial charge < -0.3 is 20.1 Å². The van der Waals surface area contributed by atoms with E-state index in [1.807, 2.05) is 6.92 Å². The van der Waals surface area contributed by atoms with Gasteiger partial charge in [-0.1, -0.05) is 0 Å². The number of carbonyl (C=O) groups excluding carboxylic acids is 1. The van der Waals surface area contributed by atoms with E-state index in [0.29, 0.717) is 19.2 Å². The lowest BCUT2D eigenvalue weighted by atomic mass is 10.1. The van der Waals surface area contributed by atoms with Gasteiger partial charge in [0.2, 0.25) is 5.91 Å². The fraction of sp³-hybridized carbons (Fsp3) is 0.923. The molecule has 2 aliphatic heterocycles. The molecule has 3 atom stereocenters. The summed E-state index contributed by atoms with van der Waals surface area (Å²) in [5.41, 5.74) is 0. The Bertz CT molecular complexity index is 304. The maximum absolute atomic E-state index is 12.1. The minimum atomic E-state index is -0.231. The van der Waals surface area contributed by atoms with Crippen LogP contribution in [0.5, 0.6) is 0 Å². The number of amides is 1. The number of carbonyl (C=O) groups is 1. The van der Waals surface area contributed by atoms with Crippen molar-refractivity contribution in [3.63, 3.8) is 0 Å². The quantitative estimate of drug-likeness (QED) is 0.754. The van der Waals surface area contributed by atoms with Gasteiger partial charge in [0, 0.05) is 32.2 Å². The van der Waals surface area contributed by atoms with Gasteiger partial charge >= 0.3 is 0 Å². The molecule has 2 fully saturated rings.